The topological polar surface area (TPSA) is 79.1 Å². The van der Waals surface area contributed by atoms with E-state index in [1.807, 2.05) is 0 Å². The van der Waals surface area contributed by atoms with E-state index >= 15 is 0 Å². The maximum Gasteiger partial charge on any atom is 0.327 e. The van der Waals surface area contributed by atoms with E-state index in [1.54, 1.807) is 0 Å². The molecule has 96 valence electrons. The Hall–Kier alpha value is -1.15. The van der Waals surface area contributed by atoms with E-state index in [0.717, 1.165) is 18.8 Å². The third-order valence-corrected chi connectivity index (χ3v) is 2.73. The normalized spacial score (nSPS) is 10.5. The molecule has 0 saturated heterocycles. The molecule has 0 N–H and O–H groups in total. The van der Waals surface area contributed by atoms with Crippen molar-refractivity contribution in [2.75, 3.05) is 26.1 Å². The molecule has 1 rings (SSSR count). The number of carbonyl (C=O) groups excluding carboxylic acids is 1. The largest absolute Gasteiger partial charge is 0.468 e. The summed E-state index contributed by atoms with van der Waals surface area (Å²) in [5.74, 6) is 0.378. The number of nitrogens with zero attached hydrogens (tertiary/aromatic N) is 4. The number of tetrazole rings is 1. The average Bonchev–Trinajstić information content (AvgIpc) is 2.76. The van der Waals surface area contributed by atoms with Crippen LogP contribution in [0.25, 0.3) is 0 Å². The molecular weight excluding hydrogens is 244 g/mol. The van der Waals surface area contributed by atoms with Gasteiger partial charge in [0.2, 0.25) is 5.16 Å². The van der Waals surface area contributed by atoms with Gasteiger partial charge in [-0.05, 0) is 16.8 Å². The predicted molar refractivity (Wildman–Crippen MR) is 61.7 cm³/mol. The number of rotatable bonds is 8. The fourth-order valence-corrected chi connectivity index (χ4v) is 1.75. The summed E-state index contributed by atoms with van der Waals surface area (Å²) in [7, 11) is 1.33. The van der Waals surface area contributed by atoms with Crippen molar-refractivity contribution < 1.29 is 14.3 Å². The third kappa shape index (κ3) is 5.14. The van der Waals surface area contributed by atoms with Crippen molar-refractivity contribution in [3.63, 3.8) is 0 Å². The van der Waals surface area contributed by atoms with E-state index in [4.69, 9.17) is 4.74 Å². The summed E-state index contributed by atoms with van der Waals surface area (Å²) >= 11 is 1.45. The highest BCUT2D eigenvalue weighted by Crippen LogP contribution is 2.12. The van der Waals surface area contributed by atoms with Crippen LogP contribution >= 0.6 is 11.8 Å². The number of hydrogen-bond donors (Lipinski definition) is 0. The van der Waals surface area contributed by atoms with Crippen LogP contribution in [0.3, 0.4) is 0 Å². The lowest BCUT2D eigenvalue weighted by Gasteiger charge is -2.03. The SMILES string of the molecule is CCCOCCSc1nnnn1CC(=O)OC. The molecule has 0 unspecified atom stereocenters. The molecule has 0 aliphatic heterocycles. The molecule has 0 aromatic carbocycles. The molecule has 8 heteroatoms. The first-order valence-electron chi connectivity index (χ1n) is 5.31. The first kappa shape index (κ1) is 13.9. The first-order chi connectivity index (χ1) is 8.27. The molecular formula is C9H16N4O3S. The second-order valence-electron chi connectivity index (χ2n) is 3.16. The van der Waals surface area contributed by atoms with Gasteiger partial charge < -0.3 is 9.47 Å². The van der Waals surface area contributed by atoms with Crippen LogP contribution in [0.4, 0.5) is 0 Å². The van der Waals surface area contributed by atoms with Crippen molar-refractivity contribution in [1.82, 2.24) is 20.2 Å². The van der Waals surface area contributed by atoms with E-state index in [1.165, 1.54) is 23.6 Å². The van der Waals surface area contributed by atoms with Gasteiger partial charge in [-0.25, -0.2) is 4.68 Å². The van der Waals surface area contributed by atoms with Crippen LogP contribution in [-0.4, -0.2) is 52.3 Å². The van der Waals surface area contributed by atoms with Crippen LogP contribution in [0.1, 0.15) is 13.3 Å². The molecule has 0 spiro atoms. The molecule has 17 heavy (non-hydrogen) atoms. The number of thioether (sulfide) groups is 1. The molecule has 1 aromatic heterocycles. The second-order valence-corrected chi connectivity index (χ2v) is 4.22. The lowest BCUT2D eigenvalue weighted by atomic mass is 10.5. The van der Waals surface area contributed by atoms with Crippen LogP contribution in [0.15, 0.2) is 5.16 Å². The van der Waals surface area contributed by atoms with Crippen LogP contribution in [-0.2, 0) is 20.8 Å². The van der Waals surface area contributed by atoms with Crippen LogP contribution in [0.2, 0.25) is 0 Å². The Kier molecular flexibility index (Phi) is 6.56. The molecule has 0 bridgehead atoms. The van der Waals surface area contributed by atoms with Gasteiger partial charge in [-0.15, -0.1) is 5.10 Å². The minimum absolute atomic E-state index is 0.0294. The average molecular weight is 260 g/mol. The Bertz CT molecular complexity index is 345. The van der Waals surface area contributed by atoms with Crippen molar-refractivity contribution in [3.05, 3.63) is 0 Å². The Balaban J connectivity index is 2.33. The maximum atomic E-state index is 11.1. The zero-order chi connectivity index (χ0) is 12.5. The van der Waals surface area contributed by atoms with E-state index in [2.05, 4.69) is 27.2 Å². The van der Waals surface area contributed by atoms with Crippen molar-refractivity contribution in [3.8, 4) is 0 Å². The number of esters is 1. The van der Waals surface area contributed by atoms with Gasteiger partial charge in [-0.3, -0.25) is 4.79 Å². The first-order valence-corrected chi connectivity index (χ1v) is 6.30. The van der Waals surface area contributed by atoms with Gasteiger partial charge >= 0.3 is 5.97 Å². The zero-order valence-electron chi connectivity index (χ0n) is 9.96. The molecule has 0 atom stereocenters. The monoisotopic (exact) mass is 260 g/mol. The lowest BCUT2D eigenvalue weighted by Crippen LogP contribution is -2.14. The van der Waals surface area contributed by atoms with Gasteiger partial charge in [0.15, 0.2) is 0 Å². The molecule has 0 fully saturated rings. The van der Waals surface area contributed by atoms with E-state index in [0.29, 0.717) is 11.8 Å². The molecule has 0 saturated carbocycles. The third-order valence-electron chi connectivity index (χ3n) is 1.81. The molecule has 0 aliphatic rings. The highest BCUT2D eigenvalue weighted by atomic mass is 32.2. The van der Waals surface area contributed by atoms with Crippen molar-refractivity contribution in [2.24, 2.45) is 0 Å². The number of carbonyl (C=O) groups is 1. The summed E-state index contributed by atoms with van der Waals surface area (Å²) in [5, 5.41) is 11.6. The zero-order valence-corrected chi connectivity index (χ0v) is 10.8. The predicted octanol–water partition coefficient (Wildman–Crippen LogP) is 0.365. The Morgan fingerprint density at radius 2 is 2.29 bits per heavy atom. The van der Waals surface area contributed by atoms with Gasteiger partial charge in [0.1, 0.15) is 6.54 Å². The van der Waals surface area contributed by atoms with Crippen molar-refractivity contribution >= 4 is 17.7 Å². The fraction of sp³-hybridized carbons (Fsp3) is 0.778. The van der Waals surface area contributed by atoms with Crippen LogP contribution < -0.4 is 0 Å². The molecule has 0 aliphatic carbocycles. The van der Waals surface area contributed by atoms with Gasteiger partial charge in [0, 0.05) is 12.4 Å². The minimum atomic E-state index is -0.374. The number of hydrogen-bond acceptors (Lipinski definition) is 7. The number of ether oxygens (including phenoxy) is 2. The van der Waals surface area contributed by atoms with Crippen LogP contribution in [0.5, 0.6) is 0 Å². The van der Waals surface area contributed by atoms with Gasteiger partial charge in [-0.1, -0.05) is 18.7 Å². The summed E-state index contributed by atoms with van der Waals surface area (Å²) in [6.07, 6.45) is 1.00. The lowest BCUT2D eigenvalue weighted by molar-refractivity contribution is -0.141. The number of methoxy groups -OCH3 is 1. The fourth-order valence-electron chi connectivity index (χ4n) is 1.02. The molecule has 0 amide bonds. The standard InChI is InChI=1S/C9H16N4O3S/c1-3-4-16-5-6-17-9-10-11-12-13(9)7-8(14)15-2/h3-7H2,1-2H3. The van der Waals surface area contributed by atoms with Crippen molar-refractivity contribution in [2.45, 2.75) is 25.0 Å². The summed E-state index contributed by atoms with van der Waals surface area (Å²) in [6.45, 7) is 3.49. The number of aromatic nitrogens is 4. The quantitative estimate of drug-likeness (QED) is 0.379. The molecule has 1 heterocycles. The molecule has 0 radical (unpaired) electrons. The van der Waals surface area contributed by atoms with E-state index in [-0.39, 0.29) is 12.5 Å². The molecule has 7 nitrogen and oxygen atoms in total. The van der Waals surface area contributed by atoms with Gasteiger partial charge in [0.05, 0.1) is 13.7 Å². The Labute approximate surface area is 104 Å². The van der Waals surface area contributed by atoms with E-state index in [9.17, 15) is 4.79 Å². The molecule has 1 aromatic rings. The van der Waals surface area contributed by atoms with Crippen molar-refractivity contribution in [1.29, 1.82) is 0 Å². The van der Waals surface area contributed by atoms with Gasteiger partial charge in [0.25, 0.3) is 0 Å². The second kappa shape index (κ2) is 8.02. The smallest absolute Gasteiger partial charge is 0.327 e. The highest BCUT2D eigenvalue weighted by Gasteiger charge is 2.10. The highest BCUT2D eigenvalue weighted by molar-refractivity contribution is 7.99. The Morgan fingerprint density at radius 1 is 1.47 bits per heavy atom. The Morgan fingerprint density at radius 3 is 3.00 bits per heavy atom. The summed E-state index contributed by atoms with van der Waals surface area (Å²) in [4.78, 5) is 11.1. The van der Waals surface area contributed by atoms with Crippen LogP contribution in [0, 0.1) is 0 Å². The minimum Gasteiger partial charge on any atom is -0.468 e. The van der Waals surface area contributed by atoms with E-state index < -0.39 is 0 Å². The maximum absolute atomic E-state index is 11.1. The summed E-state index contributed by atoms with van der Waals surface area (Å²) < 4.78 is 11.3. The summed E-state index contributed by atoms with van der Waals surface area (Å²) in [5.41, 5.74) is 0. The summed E-state index contributed by atoms with van der Waals surface area (Å²) in [6, 6.07) is 0. The van der Waals surface area contributed by atoms with Gasteiger partial charge in [-0.2, -0.15) is 0 Å².